The summed E-state index contributed by atoms with van der Waals surface area (Å²) in [6.07, 6.45) is 2.07. The lowest BCUT2D eigenvalue weighted by Crippen LogP contribution is -2.25. The van der Waals surface area contributed by atoms with Gasteiger partial charge in [-0.25, -0.2) is 4.79 Å². The van der Waals surface area contributed by atoms with Crippen molar-refractivity contribution in [2.75, 3.05) is 23.3 Å². The zero-order valence-corrected chi connectivity index (χ0v) is 17.5. The van der Waals surface area contributed by atoms with Crippen molar-refractivity contribution in [3.63, 3.8) is 0 Å². The Hall–Kier alpha value is -3.47. The number of rotatable bonds is 10. The topological polar surface area (TPSA) is 61.8 Å². The summed E-state index contributed by atoms with van der Waals surface area (Å²) in [5.41, 5.74) is 2.47. The van der Waals surface area contributed by atoms with Crippen molar-refractivity contribution in [3.05, 3.63) is 78.4 Å². The number of nitrogens with zero attached hydrogens (tertiary/aromatic N) is 1. The van der Waals surface area contributed by atoms with Gasteiger partial charge in [-0.05, 0) is 49.7 Å². The molecule has 5 nitrogen and oxygen atoms in total. The van der Waals surface area contributed by atoms with Gasteiger partial charge in [0.05, 0.1) is 16.9 Å². The van der Waals surface area contributed by atoms with Crippen molar-refractivity contribution in [1.29, 1.82) is 0 Å². The molecule has 0 spiro atoms. The number of hydrogen-bond acceptors (Lipinski definition) is 4. The molecule has 30 heavy (non-hydrogen) atoms. The molecule has 5 heteroatoms. The van der Waals surface area contributed by atoms with Crippen molar-refractivity contribution >= 4 is 23.0 Å². The van der Waals surface area contributed by atoms with Crippen LogP contribution in [0.15, 0.2) is 72.8 Å². The summed E-state index contributed by atoms with van der Waals surface area (Å²) in [5, 5.41) is 13.1. The Morgan fingerprint density at radius 1 is 1.00 bits per heavy atom. The first-order chi connectivity index (χ1) is 14.6. The normalized spacial score (nSPS) is 10.5. The van der Waals surface area contributed by atoms with E-state index in [-0.39, 0.29) is 5.56 Å². The monoisotopic (exact) mass is 404 g/mol. The number of hydrogen-bond donors (Lipinski definition) is 2. The van der Waals surface area contributed by atoms with Crippen molar-refractivity contribution < 1.29 is 14.6 Å². The number of nitrogens with one attached hydrogen (secondary N) is 1. The lowest BCUT2D eigenvalue weighted by molar-refractivity contribution is 0.0697. The number of anilines is 3. The van der Waals surface area contributed by atoms with Gasteiger partial charge in [-0.1, -0.05) is 49.7 Å². The molecule has 2 N–H and O–H groups in total. The highest BCUT2D eigenvalue weighted by Gasteiger charge is 2.20. The smallest absolute Gasteiger partial charge is 0.335 e. The minimum absolute atomic E-state index is 0.221. The lowest BCUT2D eigenvalue weighted by atomic mass is 10.1. The highest BCUT2D eigenvalue weighted by Crippen LogP contribution is 2.42. The van der Waals surface area contributed by atoms with E-state index in [1.54, 1.807) is 12.1 Å². The Kier molecular flexibility index (Phi) is 7.33. The standard InChI is InChI=1S/C25H28N2O3/c1-3-5-16-27(4-2)23-18-19(25(28)29)17-22(26-20-12-8-6-9-13-20)24(23)30-21-14-10-7-11-15-21/h6-15,17-18,26H,3-5,16H2,1-2H3,(H,28,29). The van der Waals surface area contributed by atoms with Crippen LogP contribution in [-0.2, 0) is 0 Å². The Balaban J connectivity index is 2.14. The zero-order valence-electron chi connectivity index (χ0n) is 17.5. The van der Waals surface area contributed by atoms with E-state index in [0.29, 0.717) is 17.2 Å². The minimum Gasteiger partial charge on any atom is -0.478 e. The number of para-hydroxylation sites is 2. The zero-order chi connectivity index (χ0) is 21.3. The van der Waals surface area contributed by atoms with E-state index in [0.717, 1.165) is 37.3 Å². The fourth-order valence-electron chi connectivity index (χ4n) is 3.25. The predicted molar refractivity (Wildman–Crippen MR) is 122 cm³/mol. The summed E-state index contributed by atoms with van der Waals surface area (Å²) in [6, 6.07) is 22.6. The molecule has 0 aliphatic rings. The first-order valence-corrected chi connectivity index (χ1v) is 10.3. The molecular formula is C25H28N2O3. The third-order valence-electron chi connectivity index (χ3n) is 4.84. The van der Waals surface area contributed by atoms with Gasteiger partial charge in [-0.2, -0.15) is 0 Å². The van der Waals surface area contributed by atoms with Crippen LogP contribution in [0.1, 0.15) is 37.0 Å². The molecule has 0 bridgehead atoms. The number of aromatic carboxylic acids is 1. The van der Waals surface area contributed by atoms with Crippen LogP contribution < -0.4 is 15.0 Å². The van der Waals surface area contributed by atoms with Gasteiger partial charge >= 0.3 is 5.97 Å². The maximum atomic E-state index is 11.9. The molecule has 0 saturated heterocycles. The Labute approximate surface area is 177 Å². The van der Waals surface area contributed by atoms with Crippen LogP contribution in [0.4, 0.5) is 17.1 Å². The van der Waals surface area contributed by atoms with E-state index >= 15 is 0 Å². The second kappa shape index (κ2) is 10.3. The number of ether oxygens (including phenoxy) is 1. The van der Waals surface area contributed by atoms with Crippen LogP contribution in [0.3, 0.4) is 0 Å². The van der Waals surface area contributed by atoms with E-state index in [4.69, 9.17) is 4.74 Å². The SMILES string of the molecule is CCCCN(CC)c1cc(C(=O)O)cc(Nc2ccccc2)c1Oc1ccccc1. The number of carboxylic acids is 1. The number of carbonyl (C=O) groups is 1. The molecule has 3 aromatic rings. The second-order valence-electron chi connectivity index (χ2n) is 7.02. The first kappa shape index (κ1) is 21.2. The van der Waals surface area contributed by atoms with Crippen LogP contribution >= 0.6 is 0 Å². The molecule has 0 unspecified atom stereocenters. The molecule has 0 heterocycles. The summed E-state index contributed by atoms with van der Waals surface area (Å²) in [6.45, 7) is 5.79. The van der Waals surface area contributed by atoms with E-state index < -0.39 is 5.97 Å². The maximum absolute atomic E-state index is 11.9. The van der Waals surface area contributed by atoms with Crippen LogP contribution in [0.25, 0.3) is 0 Å². The van der Waals surface area contributed by atoms with Crippen LogP contribution in [-0.4, -0.2) is 24.2 Å². The number of benzene rings is 3. The van der Waals surface area contributed by atoms with Gasteiger partial charge in [0.15, 0.2) is 5.75 Å². The number of carboxylic acid groups (broad SMARTS) is 1. The molecule has 0 amide bonds. The largest absolute Gasteiger partial charge is 0.478 e. The molecule has 0 atom stereocenters. The van der Waals surface area contributed by atoms with Crippen molar-refractivity contribution in [2.45, 2.75) is 26.7 Å². The average Bonchev–Trinajstić information content (AvgIpc) is 2.77. The van der Waals surface area contributed by atoms with Crippen LogP contribution in [0, 0.1) is 0 Å². The van der Waals surface area contributed by atoms with E-state index in [9.17, 15) is 9.90 Å². The predicted octanol–water partition coefficient (Wildman–Crippen LogP) is 6.55. The quantitative estimate of drug-likeness (QED) is 0.401. The Bertz CT molecular complexity index is 959. The summed E-state index contributed by atoms with van der Waals surface area (Å²) >= 11 is 0. The molecule has 0 aromatic heterocycles. The van der Waals surface area contributed by atoms with Gasteiger partial charge in [0.25, 0.3) is 0 Å². The molecule has 3 rings (SSSR count). The summed E-state index contributed by atoms with van der Waals surface area (Å²) in [4.78, 5) is 14.0. The van der Waals surface area contributed by atoms with E-state index in [1.165, 1.54) is 0 Å². The number of unbranched alkanes of at least 4 members (excludes halogenated alkanes) is 1. The molecule has 0 radical (unpaired) electrons. The Morgan fingerprint density at radius 3 is 2.27 bits per heavy atom. The van der Waals surface area contributed by atoms with E-state index in [2.05, 4.69) is 24.1 Å². The molecule has 0 aliphatic carbocycles. The van der Waals surface area contributed by atoms with Gasteiger partial charge in [0.1, 0.15) is 5.75 Å². The molecule has 156 valence electrons. The highest BCUT2D eigenvalue weighted by atomic mass is 16.5. The van der Waals surface area contributed by atoms with Crippen molar-refractivity contribution in [2.24, 2.45) is 0 Å². The molecule has 0 aliphatic heterocycles. The fraction of sp³-hybridized carbons (Fsp3) is 0.240. The molecule has 3 aromatic carbocycles. The third-order valence-corrected chi connectivity index (χ3v) is 4.84. The van der Waals surface area contributed by atoms with Gasteiger partial charge in [0, 0.05) is 18.8 Å². The molecular weight excluding hydrogens is 376 g/mol. The van der Waals surface area contributed by atoms with Crippen LogP contribution in [0.2, 0.25) is 0 Å². The summed E-state index contributed by atoms with van der Waals surface area (Å²) < 4.78 is 6.31. The molecule has 0 saturated carbocycles. The average molecular weight is 405 g/mol. The van der Waals surface area contributed by atoms with E-state index in [1.807, 2.05) is 60.7 Å². The van der Waals surface area contributed by atoms with Crippen molar-refractivity contribution in [3.8, 4) is 11.5 Å². The van der Waals surface area contributed by atoms with Gasteiger partial charge in [0.2, 0.25) is 0 Å². The maximum Gasteiger partial charge on any atom is 0.335 e. The summed E-state index contributed by atoms with van der Waals surface area (Å²) in [7, 11) is 0. The van der Waals surface area contributed by atoms with Crippen LogP contribution in [0.5, 0.6) is 11.5 Å². The molecule has 0 fully saturated rings. The second-order valence-corrected chi connectivity index (χ2v) is 7.02. The summed E-state index contributed by atoms with van der Waals surface area (Å²) in [5.74, 6) is 0.350. The Morgan fingerprint density at radius 2 is 1.67 bits per heavy atom. The fourth-order valence-corrected chi connectivity index (χ4v) is 3.25. The first-order valence-electron chi connectivity index (χ1n) is 10.3. The van der Waals surface area contributed by atoms with Crippen molar-refractivity contribution in [1.82, 2.24) is 0 Å². The minimum atomic E-state index is -0.967. The van der Waals surface area contributed by atoms with Gasteiger partial charge in [-0.15, -0.1) is 0 Å². The third kappa shape index (κ3) is 5.32. The highest BCUT2D eigenvalue weighted by molar-refractivity contribution is 5.93. The lowest BCUT2D eigenvalue weighted by Gasteiger charge is -2.27. The van der Waals surface area contributed by atoms with Gasteiger partial charge in [-0.3, -0.25) is 0 Å². The van der Waals surface area contributed by atoms with Gasteiger partial charge < -0.3 is 20.1 Å².